The maximum atomic E-state index is 10.9. The number of aliphatic hydroxyl groups excluding tert-OH is 1. The predicted molar refractivity (Wildman–Crippen MR) is 77.1 cm³/mol. The second-order valence-corrected chi connectivity index (χ2v) is 7.32. The van der Waals surface area contributed by atoms with Crippen LogP contribution < -0.4 is 0 Å². The number of carboxylic acids is 1. The Labute approximate surface area is 121 Å². The van der Waals surface area contributed by atoms with Crippen molar-refractivity contribution in [3.05, 3.63) is 10.6 Å². The molecule has 1 aliphatic carbocycles. The Hall–Kier alpha value is -0.590. The monoisotopic (exact) mass is 301 g/mol. The van der Waals surface area contributed by atoms with E-state index in [1.807, 2.05) is 0 Å². The fourth-order valence-corrected chi connectivity index (χ4v) is 4.50. The Morgan fingerprint density at radius 3 is 2.79 bits per heavy atom. The van der Waals surface area contributed by atoms with Gasteiger partial charge in [-0.25, -0.2) is 9.78 Å². The van der Waals surface area contributed by atoms with Gasteiger partial charge in [-0.15, -0.1) is 11.3 Å². The van der Waals surface area contributed by atoms with Crippen LogP contribution >= 0.6 is 23.1 Å². The topological polar surface area (TPSA) is 70.4 Å². The van der Waals surface area contributed by atoms with Gasteiger partial charge in [-0.3, -0.25) is 0 Å². The molecule has 1 atom stereocenters. The molecule has 0 amide bonds. The number of aromatic nitrogens is 1. The maximum Gasteiger partial charge on any atom is 0.347 e. The number of thiazole rings is 1. The first-order valence-corrected chi connectivity index (χ1v) is 8.38. The highest BCUT2D eigenvalue weighted by molar-refractivity contribution is 8.01. The van der Waals surface area contributed by atoms with E-state index < -0.39 is 5.97 Å². The lowest BCUT2D eigenvalue weighted by molar-refractivity contribution is 0.0701. The van der Waals surface area contributed by atoms with Gasteiger partial charge in [-0.1, -0.05) is 37.4 Å². The van der Waals surface area contributed by atoms with Gasteiger partial charge in [-0.05, 0) is 19.3 Å². The first-order chi connectivity index (χ1) is 9.06. The molecule has 2 N–H and O–H groups in total. The summed E-state index contributed by atoms with van der Waals surface area (Å²) < 4.78 is 0.736. The summed E-state index contributed by atoms with van der Waals surface area (Å²) in [5.41, 5.74) is 0.560. The van der Waals surface area contributed by atoms with E-state index in [2.05, 4.69) is 4.98 Å². The summed E-state index contributed by atoms with van der Waals surface area (Å²) in [6, 6.07) is 0. The van der Waals surface area contributed by atoms with Crippen LogP contribution in [0.4, 0.5) is 0 Å². The van der Waals surface area contributed by atoms with E-state index in [0.29, 0.717) is 22.2 Å². The fraction of sp³-hybridized carbons (Fsp3) is 0.692. The minimum Gasteiger partial charge on any atom is -0.477 e. The lowest BCUT2D eigenvalue weighted by Gasteiger charge is -2.14. The number of rotatable bonds is 6. The standard InChI is InChI=1S/C13H19NO3S2/c1-8-11(12(16)17)19-13(14-8)18-7-10(15)6-9-4-2-3-5-9/h9-10,15H,2-7H2,1H3,(H,16,17). The summed E-state index contributed by atoms with van der Waals surface area (Å²) in [7, 11) is 0. The quantitative estimate of drug-likeness (QED) is 0.790. The largest absolute Gasteiger partial charge is 0.477 e. The summed E-state index contributed by atoms with van der Waals surface area (Å²) in [6.45, 7) is 1.71. The SMILES string of the molecule is Cc1nc(SCC(O)CC2CCCC2)sc1C(=O)O. The average Bonchev–Trinajstić information content (AvgIpc) is 2.96. The molecule has 1 fully saturated rings. The van der Waals surface area contributed by atoms with Crippen LogP contribution in [0.15, 0.2) is 4.34 Å². The molecule has 0 aromatic carbocycles. The van der Waals surface area contributed by atoms with Crippen molar-refractivity contribution in [2.24, 2.45) is 5.92 Å². The fourth-order valence-electron chi connectivity index (χ4n) is 2.50. The number of aryl methyl sites for hydroxylation is 1. The summed E-state index contributed by atoms with van der Waals surface area (Å²) in [5.74, 6) is 0.347. The molecule has 19 heavy (non-hydrogen) atoms. The third kappa shape index (κ3) is 4.19. The van der Waals surface area contributed by atoms with Crippen molar-refractivity contribution in [2.45, 2.75) is 49.5 Å². The van der Waals surface area contributed by atoms with E-state index in [0.717, 1.165) is 10.8 Å². The summed E-state index contributed by atoms with van der Waals surface area (Å²) in [4.78, 5) is 15.4. The maximum absolute atomic E-state index is 10.9. The van der Waals surface area contributed by atoms with Gasteiger partial charge in [0.05, 0.1) is 11.8 Å². The number of aliphatic hydroxyl groups is 1. The highest BCUT2D eigenvalue weighted by Gasteiger charge is 2.20. The molecule has 1 aromatic rings. The van der Waals surface area contributed by atoms with Crippen LogP contribution in [0.5, 0.6) is 0 Å². The van der Waals surface area contributed by atoms with Gasteiger partial charge >= 0.3 is 5.97 Å². The molecular formula is C13H19NO3S2. The van der Waals surface area contributed by atoms with Gasteiger partial charge in [0.1, 0.15) is 4.88 Å². The average molecular weight is 301 g/mol. The van der Waals surface area contributed by atoms with Crippen LogP contribution in [-0.4, -0.2) is 33.0 Å². The van der Waals surface area contributed by atoms with Crippen molar-refractivity contribution in [3.8, 4) is 0 Å². The third-order valence-electron chi connectivity index (χ3n) is 3.45. The minimum atomic E-state index is -0.923. The van der Waals surface area contributed by atoms with E-state index in [-0.39, 0.29) is 6.10 Å². The molecule has 0 aliphatic heterocycles. The van der Waals surface area contributed by atoms with Crippen molar-refractivity contribution >= 4 is 29.1 Å². The molecule has 1 saturated carbocycles. The first kappa shape index (κ1) is 14.8. The molecule has 1 heterocycles. The molecular weight excluding hydrogens is 282 g/mol. The highest BCUT2D eigenvalue weighted by atomic mass is 32.2. The van der Waals surface area contributed by atoms with Gasteiger partial charge in [0, 0.05) is 5.75 Å². The Bertz CT molecular complexity index is 441. The normalized spacial score (nSPS) is 17.8. The molecule has 1 aromatic heterocycles. The molecule has 4 nitrogen and oxygen atoms in total. The lowest BCUT2D eigenvalue weighted by atomic mass is 10.0. The Balaban J connectivity index is 1.81. The number of carbonyl (C=O) groups is 1. The molecule has 1 aliphatic rings. The third-order valence-corrected chi connectivity index (χ3v) is 5.88. The number of thioether (sulfide) groups is 1. The van der Waals surface area contributed by atoms with E-state index in [4.69, 9.17) is 5.11 Å². The molecule has 0 bridgehead atoms. The van der Waals surface area contributed by atoms with Gasteiger partial charge in [0.15, 0.2) is 4.34 Å². The zero-order valence-corrected chi connectivity index (χ0v) is 12.6. The molecule has 106 valence electrons. The van der Waals surface area contributed by atoms with E-state index in [1.54, 1.807) is 6.92 Å². The highest BCUT2D eigenvalue weighted by Crippen LogP contribution is 2.31. The van der Waals surface area contributed by atoms with E-state index in [1.165, 1.54) is 48.8 Å². The van der Waals surface area contributed by atoms with Crippen molar-refractivity contribution in [1.82, 2.24) is 4.98 Å². The van der Waals surface area contributed by atoms with Crippen LogP contribution in [0.25, 0.3) is 0 Å². The molecule has 2 rings (SSSR count). The van der Waals surface area contributed by atoms with Crippen molar-refractivity contribution < 1.29 is 15.0 Å². The second kappa shape index (κ2) is 6.72. The van der Waals surface area contributed by atoms with Crippen molar-refractivity contribution in [1.29, 1.82) is 0 Å². The molecule has 1 unspecified atom stereocenters. The van der Waals surface area contributed by atoms with Crippen molar-refractivity contribution in [3.63, 3.8) is 0 Å². The van der Waals surface area contributed by atoms with E-state index in [9.17, 15) is 9.90 Å². The van der Waals surface area contributed by atoms with Gasteiger partial charge in [0.2, 0.25) is 0 Å². The molecule has 0 spiro atoms. The number of hydrogen-bond acceptors (Lipinski definition) is 5. The predicted octanol–water partition coefficient (Wildman–Crippen LogP) is 3.18. The molecule has 0 saturated heterocycles. The second-order valence-electron chi connectivity index (χ2n) is 5.05. The number of nitrogens with zero attached hydrogens (tertiary/aromatic N) is 1. The summed E-state index contributed by atoms with van der Waals surface area (Å²) >= 11 is 2.65. The van der Waals surface area contributed by atoms with Gasteiger partial charge in [-0.2, -0.15) is 0 Å². The van der Waals surface area contributed by atoms with Crippen LogP contribution in [0.3, 0.4) is 0 Å². The van der Waals surface area contributed by atoms with Gasteiger partial charge < -0.3 is 10.2 Å². The molecule has 0 radical (unpaired) electrons. The lowest BCUT2D eigenvalue weighted by Crippen LogP contribution is -2.14. The molecule has 6 heteroatoms. The van der Waals surface area contributed by atoms with Crippen LogP contribution in [0.2, 0.25) is 0 Å². The Kier molecular flexibility index (Phi) is 5.24. The summed E-state index contributed by atoms with van der Waals surface area (Å²) in [5, 5.41) is 19.0. The van der Waals surface area contributed by atoms with Crippen LogP contribution in [0, 0.1) is 12.8 Å². The minimum absolute atomic E-state index is 0.299. The van der Waals surface area contributed by atoms with Crippen LogP contribution in [0.1, 0.15) is 47.5 Å². The first-order valence-electron chi connectivity index (χ1n) is 6.58. The Morgan fingerprint density at radius 1 is 1.53 bits per heavy atom. The Morgan fingerprint density at radius 2 is 2.21 bits per heavy atom. The van der Waals surface area contributed by atoms with Crippen LogP contribution in [-0.2, 0) is 0 Å². The van der Waals surface area contributed by atoms with Crippen molar-refractivity contribution in [2.75, 3.05) is 5.75 Å². The van der Waals surface area contributed by atoms with Gasteiger partial charge in [0.25, 0.3) is 0 Å². The number of aromatic carboxylic acids is 1. The summed E-state index contributed by atoms with van der Waals surface area (Å²) in [6.07, 6.45) is 5.60. The zero-order chi connectivity index (χ0) is 13.8. The van der Waals surface area contributed by atoms with E-state index >= 15 is 0 Å². The smallest absolute Gasteiger partial charge is 0.347 e. The number of carboxylic acid groups (broad SMARTS) is 1. The zero-order valence-electron chi connectivity index (χ0n) is 11.0. The number of hydrogen-bond donors (Lipinski definition) is 2.